The van der Waals surface area contributed by atoms with Crippen LogP contribution in [0, 0.1) is 0 Å². The molecule has 0 bridgehead atoms. The Bertz CT molecular complexity index is 545. The molecular weight excluding hydrogens is 248 g/mol. The Morgan fingerprint density at radius 1 is 1.28 bits per heavy atom. The van der Waals surface area contributed by atoms with Gasteiger partial charge in [-0.3, -0.25) is 4.98 Å². The molecule has 1 heterocycles. The zero-order valence-electron chi connectivity index (χ0n) is 9.52. The lowest BCUT2D eigenvalue weighted by molar-refractivity contribution is 0.318. The maximum Gasteiger partial charge on any atom is 0.190 e. The molecular formula is C12H12N4OS. The third kappa shape index (κ3) is 3.21. The highest BCUT2D eigenvalue weighted by Gasteiger charge is 2.04. The van der Waals surface area contributed by atoms with E-state index in [9.17, 15) is 0 Å². The molecule has 0 saturated carbocycles. The van der Waals surface area contributed by atoms with Gasteiger partial charge in [0, 0.05) is 5.75 Å². The number of nitrogens with zero attached hydrogens (tertiary/aromatic N) is 3. The molecule has 3 N–H and O–H groups in total. The highest BCUT2D eigenvalue weighted by Crippen LogP contribution is 2.19. The maximum absolute atomic E-state index is 8.58. The minimum atomic E-state index is -0.0374. The predicted octanol–water partition coefficient (Wildman–Crippen LogP) is 1.86. The summed E-state index contributed by atoms with van der Waals surface area (Å²) in [4.78, 5) is 8.25. The highest BCUT2D eigenvalue weighted by molar-refractivity contribution is 7.98. The largest absolute Gasteiger partial charge is 0.409 e. The zero-order valence-corrected chi connectivity index (χ0v) is 10.3. The standard InChI is InChI=1S/C12H12N4OS/c13-12(16-17)10-6-14-7-11(15-10)18-8-9-4-2-1-3-5-9/h1-7,17H,8H2,(H2,13,16). The molecule has 6 heteroatoms. The van der Waals surface area contributed by atoms with E-state index in [0.29, 0.717) is 5.69 Å². The highest BCUT2D eigenvalue weighted by atomic mass is 32.2. The van der Waals surface area contributed by atoms with Crippen molar-refractivity contribution in [1.82, 2.24) is 9.97 Å². The zero-order chi connectivity index (χ0) is 12.8. The molecule has 0 aliphatic carbocycles. The third-order valence-corrected chi connectivity index (χ3v) is 3.18. The van der Waals surface area contributed by atoms with E-state index < -0.39 is 0 Å². The molecule has 0 aliphatic rings. The molecule has 2 aromatic rings. The van der Waals surface area contributed by atoms with Gasteiger partial charge in [-0.1, -0.05) is 35.5 Å². The Labute approximate surface area is 109 Å². The minimum absolute atomic E-state index is 0.0374. The molecule has 0 unspecified atom stereocenters. The van der Waals surface area contributed by atoms with Gasteiger partial charge >= 0.3 is 0 Å². The second-order valence-corrected chi connectivity index (χ2v) is 4.50. The van der Waals surface area contributed by atoms with E-state index in [-0.39, 0.29) is 5.84 Å². The van der Waals surface area contributed by atoms with Crippen LogP contribution in [0.3, 0.4) is 0 Å². The second-order valence-electron chi connectivity index (χ2n) is 3.50. The average Bonchev–Trinajstić information content (AvgIpc) is 2.45. The summed E-state index contributed by atoms with van der Waals surface area (Å²) in [5.74, 6) is 0.763. The number of amidine groups is 1. The fourth-order valence-corrected chi connectivity index (χ4v) is 2.13. The number of nitrogens with two attached hydrogens (primary N) is 1. The van der Waals surface area contributed by atoms with E-state index in [4.69, 9.17) is 10.9 Å². The van der Waals surface area contributed by atoms with Gasteiger partial charge in [-0.15, -0.1) is 11.8 Å². The molecule has 0 saturated heterocycles. The fraction of sp³-hybridized carbons (Fsp3) is 0.0833. The fourth-order valence-electron chi connectivity index (χ4n) is 1.32. The Morgan fingerprint density at radius 3 is 2.78 bits per heavy atom. The van der Waals surface area contributed by atoms with Crippen molar-refractivity contribution >= 4 is 17.6 Å². The van der Waals surface area contributed by atoms with Gasteiger partial charge in [0.25, 0.3) is 0 Å². The van der Waals surface area contributed by atoms with Crippen LogP contribution in [0.2, 0.25) is 0 Å². The monoisotopic (exact) mass is 260 g/mol. The number of hydrogen-bond acceptors (Lipinski definition) is 5. The van der Waals surface area contributed by atoms with Gasteiger partial charge in [0.05, 0.1) is 12.4 Å². The summed E-state index contributed by atoms with van der Waals surface area (Å²) in [6, 6.07) is 10.1. The molecule has 0 fully saturated rings. The van der Waals surface area contributed by atoms with Crippen LogP contribution in [0.1, 0.15) is 11.3 Å². The second kappa shape index (κ2) is 6.02. The van der Waals surface area contributed by atoms with E-state index in [2.05, 4.69) is 15.1 Å². The van der Waals surface area contributed by atoms with Crippen LogP contribution < -0.4 is 5.73 Å². The van der Waals surface area contributed by atoms with Crippen LogP contribution in [-0.4, -0.2) is 21.0 Å². The molecule has 2 rings (SSSR count). The number of benzene rings is 1. The van der Waals surface area contributed by atoms with E-state index >= 15 is 0 Å². The average molecular weight is 260 g/mol. The summed E-state index contributed by atoms with van der Waals surface area (Å²) in [6.45, 7) is 0. The van der Waals surface area contributed by atoms with E-state index in [0.717, 1.165) is 10.8 Å². The van der Waals surface area contributed by atoms with Gasteiger partial charge in [-0.2, -0.15) is 0 Å². The van der Waals surface area contributed by atoms with Gasteiger partial charge in [0.2, 0.25) is 0 Å². The summed E-state index contributed by atoms with van der Waals surface area (Å²) in [6.07, 6.45) is 3.11. The van der Waals surface area contributed by atoms with Crippen molar-refractivity contribution in [3.05, 3.63) is 54.0 Å². The van der Waals surface area contributed by atoms with Crippen LogP contribution in [0.5, 0.6) is 0 Å². The Balaban J connectivity index is 2.06. The first kappa shape index (κ1) is 12.4. The molecule has 0 radical (unpaired) electrons. The molecule has 0 amide bonds. The SMILES string of the molecule is N/C(=N\O)c1cncc(SCc2ccccc2)n1. The molecule has 0 aliphatic heterocycles. The van der Waals surface area contributed by atoms with Crippen molar-refractivity contribution in [2.45, 2.75) is 10.8 Å². The Kier molecular flexibility index (Phi) is 4.14. The smallest absolute Gasteiger partial charge is 0.190 e. The lowest BCUT2D eigenvalue weighted by Crippen LogP contribution is -2.15. The number of rotatable bonds is 4. The first-order valence-electron chi connectivity index (χ1n) is 5.26. The maximum atomic E-state index is 8.58. The quantitative estimate of drug-likeness (QED) is 0.288. The molecule has 1 aromatic carbocycles. The molecule has 18 heavy (non-hydrogen) atoms. The summed E-state index contributed by atoms with van der Waals surface area (Å²) >= 11 is 1.55. The van der Waals surface area contributed by atoms with Crippen LogP contribution in [0.4, 0.5) is 0 Å². The van der Waals surface area contributed by atoms with Gasteiger partial charge in [0.15, 0.2) is 5.84 Å². The molecule has 5 nitrogen and oxygen atoms in total. The van der Waals surface area contributed by atoms with E-state index in [1.807, 2.05) is 30.3 Å². The van der Waals surface area contributed by atoms with Crippen molar-refractivity contribution < 1.29 is 5.21 Å². The summed E-state index contributed by atoms with van der Waals surface area (Å²) in [5.41, 5.74) is 7.04. The summed E-state index contributed by atoms with van der Waals surface area (Å²) in [5, 5.41) is 12.2. The van der Waals surface area contributed by atoms with Crippen LogP contribution in [0.15, 0.2) is 52.9 Å². The molecule has 0 spiro atoms. The third-order valence-electron chi connectivity index (χ3n) is 2.21. The van der Waals surface area contributed by atoms with E-state index in [1.165, 1.54) is 11.8 Å². The summed E-state index contributed by atoms with van der Waals surface area (Å²) < 4.78 is 0. The van der Waals surface area contributed by atoms with Crippen molar-refractivity contribution in [2.75, 3.05) is 0 Å². The first-order valence-corrected chi connectivity index (χ1v) is 6.25. The predicted molar refractivity (Wildman–Crippen MR) is 70.5 cm³/mol. The minimum Gasteiger partial charge on any atom is -0.409 e. The molecule has 0 atom stereocenters. The van der Waals surface area contributed by atoms with Crippen molar-refractivity contribution in [3.63, 3.8) is 0 Å². The van der Waals surface area contributed by atoms with Gasteiger partial charge in [0.1, 0.15) is 10.7 Å². The summed E-state index contributed by atoms with van der Waals surface area (Å²) in [7, 11) is 0. The number of thioether (sulfide) groups is 1. The lowest BCUT2D eigenvalue weighted by atomic mass is 10.2. The van der Waals surface area contributed by atoms with Gasteiger partial charge in [-0.05, 0) is 5.56 Å². The molecule has 1 aromatic heterocycles. The topological polar surface area (TPSA) is 84.4 Å². The van der Waals surface area contributed by atoms with Crippen molar-refractivity contribution in [2.24, 2.45) is 10.9 Å². The Hall–Kier alpha value is -2.08. The van der Waals surface area contributed by atoms with Crippen LogP contribution in [0.25, 0.3) is 0 Å². The van der Waals surface area contributed by atoms with Gasteiger partial charge in [-0.25, -0.2) is 4.98 Å². The number of oxime groups is 1. The van der Waals surface area contributed by atoms with Crippen molar-refractivity contribution in [3.8, 4) is 0 Å². The van der Waals surface area contributed by atoms with Crippen LogP contribution in [-0.2, 0) is 5.75 Å². The lowest BCUT2D eigenvalue weighted by Gasteiger charge is -2.02. The Morgan fingerprint density at radius 2 is 2.06 bits per heavy atom. The normalized spacial score (nSPS) is 11.4. The first-order chi connectivity index (χ1) is 8.79. The van der Waals surface area contributed by atoms with Crippen molar-refractivity contribution in [1.29, 1.82) is 0 Å². The van der Waals surface area contributed by atoms with Crippen LogP contribution >= 0.6 is 11.8 Å². The molecule has 92 valence electrons. The van der Waals surface area contributed by atoms with E-state index in [1.54, 1.807) is 18.0 Å². The van der Waals surface area contributed by atoms with Gasteiger partial charge < -0.3 is 10.9 Å². The number of aromatic nitrogens is 2. The number of hydrogen-bond donors (Lipinski definition) is 2.